The normalized spacial score (nSPS) is 15.4. The van der Waals surface area contributed by atoms with Crippen molar-refractivity contribution in [3.63, 3.8) is 0 Å². The molecule has 0 atom stereocenters. The highest BCUT2D eigenvalue weighted by Crippen LogP contribution is 2.24. The van der Waals surface area contributed by atoms with Crippen molar-refractivity contribution in [2.75, 3.05) is 70.3 Å². The standard InChI is InChI=1S/C39H45N7O7S2/c1-42-20-6-22-43(38(54)40-32-12-16-34(17-13-32)45(47)48)28-30-8-2-4-10-36(30)52-26-24-51-25-27-53-37-11-5-3-9-31(37)29-44(23-7-21-42)39(55)41-33-14-18-35(19-15-33)46(49)50/h2-5,8-19H,6-7,20-29H2,1H3,(H,40,54)(H,41,55). The van der Waals surface area contributed by atoms with Crippen LogP contribution < -0.4 is 20.1 Å². The van der Waals surface area contributed by atoms with Crippen molar-refractivity contribution in [1.29, 1.82) is 0 Å². The second-order valence-electron chi connectivity index (χ2n) is 12.8. The number of anilines is 2. The number of hydrogen-bond acceptors (Lipinski definition) is 10. The van der Waals surface area contributed by atoms with Gasteiger partial charge >= 0.3 is 0 Å². The lowest BCUT2D eigenvalue weighted by Crippen LogP contribution is -2.37. The zero-order chi connectivity index (χ0) is 39.0. The van der Waals surface area contributed by atoms with E-state index < -0.39 is 9.85 Å². The van der Waals surface area contributed by atoms with E-state index in [1.165, 1.54) is 24.3 Å². The number of non-ortho nitro benzene ring substituents is 2. The molecule has 55 heavy (non-hydrogen) atoms. The topological polar surface area (TPSA) is 148 Å². The Hall–Kier alpha value is -5.42. The number of hydrogen-bond donors (Lipinski definition) is 2. The van der Waals surface area contributed by atoms with E-state index in [4.69, 9.17) is 38.6 Å². The number of benzene rings is 4. The Balaban J connectivity index is 1.30. The average molecular weight is 788 g/mol. The first kappa shape index (κ1) is 40.8. The predicted molar refractivity (Wildman–Crippen MR) is 221 cm³/mol. The van der Waals surface area contributed by atoms with Gasteiger partial charge in [-0.25, -0.2) is 0 Å². The molecule has 0 aliphatic carbocycles. The van der Waals surface area contributed by atoms with Crippen LogP contribution in [0.3, 0.4) is 0 Å². The number of ether oxygens (including phenoxy) is 3. The van der Waals surface area contributed by atoms with Crippen LogP contribution in [-0.4, -0.2) is 94.4 Å². The summed E-state index contributed by atoms with van der Waals surface area (Å²) >= 11 is 11.8. The zero-order valence-electron chi connectivity index (χ0n) is 30.6. The number of nitro benzene ring substituents is 2. The molecule has 0 amide bonds. The first-order chi connectivity index (χ1) is 26.7. The molecule has 0 bridgehead atoms. The summed E-state index contributed by atoms with van der Waals surface area (Å²) in [5.74, 6) is 1.48. The van der Waals surface area contributed by atoms with Gasteiger partial charge < -0.3 is 39.5 Å². The monoisotopic (exact) mass is 787 g/mol. The molecule has 4 aromatic rings. The van der Waals surface area contributed by atoms with Crippen LogP contribution in [0.25, 0.3) is 0 Å². The van der Waals surface area contributed by atoms with Gasteiger partial charge in [0.15, 0.2) is 10.2 Å². The molecule has 4 aromatic carbocycles. The quantitative estimate of drug-likeness (QED) is 0.123. The van der Waals surface area contributed by atoms with Crippen LogP contribution in [-0.2, 0) is 17.8 Å². The van der Waals surface area contributed by atoms with Crippen molar-refractivity contribution in [3.05, 3.63) is 128 Å². The maximum atomic E-state index is 11.2. The summed E-state index contributed by atoms with van der Waals surface area (Å²) in [6, 6.07) is 28.1. The van der Waals surface area contributed by atoms with Gasteiger partial charge in [-0.3, -0.25) is 20.2 Å². The Bertz CT molecular complexity index is 1770. The van der Waals surface area contributed by atoms with Crippen LogP contribution in [0.15, 0.2) is 97.1 Å². The minimum Gasteiger partial charge on any atom is -0.491 e. The summed E-state index contributed by atoms with van der Waals surface area (Å²) in [5, 5.41) is 29.8. The Labute approximate surface area is 331 Å². The van der Waals surface area contributed by atoms with Crippen molar-refractivity contribution in [2.45, 2.75) is 25.9 Å². The fourth-order valence-electron chi connectivity index (χ4n) is 5.90. The van der Waals surface area contributed by atoms with Crippen molar-refractivity contribution < 1.29 is 24.1 Å². The van der Waals surface area contributed by atoms with Gasteiger partial charge in [0.25, 0.3) is 11.4 Å². The van der Waals surface area contributed by atoms with E-state index in [0.717, 1.165) is 48.6 Å². The van der Waals surface area contributed by atoms with Crippen LogP contribution >= 0.6 is 24.4 Å². The fraction of sp³-hybridized carbons (Fsp3) is 0.333. The molecule has 0 saturated carbocycles. The number of para-hydroxylation sites is 2. The maximum Gasteiger partial charge on any atom is 0.269 e. The van der Waals surface area contributed by atoms with Crippen molar-refractivity contribution in [3.8, 4) is 11.5 Å². The second kappa shape index (κ2) is 20.9. The third-order valence-electron chi connectivity index (χ3n) is 8.81. The van der Waals surface area contributed by atoms with Gasteiger partial charge in [-0.15, -0.1) is 0 Å². The van der Waals surface area contributed by atoms with Crippen molar-refractivity contribution >= 4 is 57.4 Å². The van der Waals surface area contributed by atoms with E-state index in [-0.39, 0.29) is 11.4 Å². The zero-order valence-corrected chi connectivity index (χ0v) is 32.3. The molecular weight excluding hydrogens is 743 g/mol. The van der Waals surface area contributed by atoms with E-state index in [2.05, 4.69) is 32.4 Å². The summed E-state index contributed by atoms with van der Waals surface area (Å²) in [7, 11) is 2.09. The molecule has 1 aliphatic heterocycles. The predicted octanol–water partition coefficient (Wildman–Crippen LogP) is 7.10. The maximum absolute atomic E-state index is 11.2. The third kappa shape index (κ3) is 12.8. The first-order valence-electron chi connectivity index (χ1n) is 17.9. The summed E-state index contributed by atoms with van der Waals surface area (Å²) < 4.78 is 18.2. The Morgan fingerprint density at radius 3 is 1.40 bits per heavy atom. The van der Waals surface area contributed by atoms with E-state index in [1.54, 1.807) is 24.3 Å². The molecule has 1 aliphatic rings. The van der Waals surface area contributed by atoms with E-state index in [0.29, 0.717) is 74.2 Å². The van der Waals surface area contributed by atoms with Crippen LogP contribution in [0.5, 0.6) is 11.5 Å². The largest absolute Gasteiger partial charge is 0.491 e. The minimum absolute atomic E-state index is 0.00613. The molecule has 0 radical (unpaired) electrons. The second-order valence-corrected chi connectivity index (χ2v) is 13.6. The van der Waals surface area contributed by atoms with Gasteiger partial charge in [0.2, 0.25) is 0 Å². The van der Waals surface area contributed by atoms with E-state index >= 15 is 0 Å². The summed E-state index contributed by atoms with van der Waals surface area (Å²) in [4.78, 5) is 27.9. The number of fused-ring (bicyclic) bond motifs is 2. The average Bonchev–Trinajstić information content (AvgIpc) is 3.17. The van der Waals surface area contributed by atoms with Gasteiger partial charge in [-0.2, -0.15) is 0 Å². The molecule has 0 spiro atoms. The van der Waals surface area contributed by atoms with Gasteiger partial charge in [0.1, 0.15) is 24.7 Å². The lowest BCUT2D eigenvalue weighted by Gasteiger charge is -2.29. The fourth-order valence-corrected chi connectivity index (χ4v) is 6.45. The third-order valence-corrected chi connectivity index (χ3v) is 9.53. The van der Waals surface area contributed by atoms with Gasteiger partial charge in [0, 0.05) is 72.9 Å². The highest BCUT2D eigenvalue weighted by molar-refractivity contribution is 7.80. The summed E-state index contributed by atoms with van der Waals surface area (Å²) in [6.45, 7) is 5.29. The SMILES string of the molecule is CN1CCCN(C(=S)Nc2ccc([N+](=O)[O-])cc2)Cc2ccccc2OCCOCCOc2ccccc2CN(C(=S)Nc2ccc([N+](=O)[O-])cc2)CCC1. The van der Waals surface area contributed by atoms with E-state index in [9.17, 15) is 20.2 Å². The lowest BCUT2D eigenvalue weighted by molar-refractivity contribution is -0.385. The minimum atomic E-state index is -0.431. The van der Waals surface area contributed by atoms with Gasteiger partial charge in [0.05, 0.1) is 23.1 Å². The Morgan fingerprint density at radius 1 is 0.600 bits per heavy atom. The molecule has 290 valence electrons. The molecule has 0 saturated heterocycles. The first-order valence-corrected chi connectivity index (χ1v) is 18.8. The number of nitrogens with one attached hydrogen (secondary N) is 2. The Kier molecular flexibility index (Phi) is 15.5. The van der Waals surface area contributed by atoms with Gasteiger partial charge in [-0.05, 0) is 93.8 Å². The highest BCUT2D eigenvalue weighted by atomic mass is 32.1. The molecule has 0 unspecified atom stereocenters. The molecule has 5 rings (SSSR count). The lowest BCUT2D eigenvalue weighted by atomic mass is 10.2. The number of thiocarbonyl (C=S) groups is 2. The number of nitro groups is 2. The Morgan fingerprint density at radius 2 is 1.00 bits per heavy atom. The molecular formula is C39H45N7O7S2. The van der Waals surface area contributed by atoms with Crippen LogP contribution in [0, 0.1) is 20.2 Å². The van der Waals surface area contributed by atoms with Crippen LogP contribution in [0.2, 0.25) is 0 Å². The molecule has 14 nitrogen and oxygen atoms in total. The molecule has 0 fully saturated rings. The summed E-state index contributed by atoms with van der Waals surface area (Å²) in [6.07, 6.45) is 1.62. The van der Waals surface area contributed by atoms with Crippen LogP contribution in [0.4, 0.5) is 22.7 Å². The summed E-state index contributed by atoms with van der Waals surface area (Å²) in [5.41, 5.74) is 3.25. The molecule has 16 heteroatoms. The molecule has 2 N–H and O–H groups in total. The number of rotatable bonds is 4. The van der Waals surface area contributed by atoms with Crippen molar-refractivity contribution in [2.24, 2.45) is 0 Å². The molecule has 1 heterocycles. The smallest absolute Gasteiger partial charge is 0.269 e. The molecule has 0 aromatic heterocycles. The number of nitrogens with zero attached hydrogens (tertiary/aromatic N) is 5. The highest BCUT2D eigenvalue weighted by Gasteiger charge is 2.18. The van der Waals surface area contributed by atoms with Crippen molar-refractivity contribution in [1.82, 2.24) is 14.7 Å². The van der Waals surface area contributed by atoms with Crippen LogP contribution in [0.1, 0.15) is 24.0 Å². The van der Waals surface area contributed by atoms with Gasteiger partial charge in [-0.1, -0.05) is 36.4 Å². The van der Waals surface area contributed by atoms with E-state index in [1.807, 2.05) is 48.5 Å².